The Morgan fingerprint density at radius 1 is 0.317 bits per heavy atom. The zero-order chi connectivity index (χ0) is 41.4. The molecule has 9 aromatic carbocycles. The minimum Gasteiger partial charge on any atom is -0.456 e. The van der Waals surface area contributed by atoms with Gasteiger partial charge in [0.1, 0.15) is 11.2 Å². The van der Waals surface area contributed by atoms with E-state index in [0.29, 0.717) is 17.5 Å². The van der Waals surface area contributed by atoms with Crippen molar-refractivity contribution in [3.8, 4) is 56.7 Å². The molecule has 0 spiro atoms. The van der Waals surface area contributed by atoms with Crippen LogP contribution >= 0.6 is 0 Å². The van der Waals surface area contributed by atoms with Gasteiger partial charge >= 0.3 is 0 Å². The van der Waals surface area contributed by atoms with E-state index in [1.807, 2.05) is 72.8 Å². The van der Waals surface area contributed by atoms with Crippen LogP contribution in [0.25, 0.3) is 122 Å². The molecule has 294 valence electrons. The van der Waals surface area contributed by atoms with Crippen molar-refractivity contribution < 1.29 is 4.42 Å². The summed E-state index contributed by atoms with van der Waals surface area (Å²) in [4.78, 5) is 15.2. The summed E-state index contributed by atoms with van der Waals surface area (Å²) in [7, 11) is 0. The second-order valence-corrected chi connectivity index (χ2v) is 16.0. The van der Waals surface area contributed by atoms with E-state index < -0.39 is 0 Å². The minimum atomic E-state index is 0.589. The highest BCUT2D eigenvalue weighted by atomic mass is 16.3. The summed E-state index contributed by atoms with van der Waals surface area (Å²) in [5, 5.41) is 6.85. The molecule has 4 aromatic heterocycles. The first-order valence-electron chi connectivity index (χ1n) is 21.2. The summed E-state index contributed by atoms with van der Waals surface area (Å²) in [6.07, 6.45) is 0. The number of furan rings is 1. The highest BCUT2D eigenvalue weighted by molar-refractivity contribution is 6.19. The van der Waals surface area contributed by atoms with Crippen LogP contribution in [-0.2, 0) is 0 Å². The van der Waals surface area contributed by atoms with Crippen LogP contribution < -0.4 is 0 Å². The predicted molar refractivity (Wildman–Crippen MR) is 258 cm³/mol. The zero-order valence-electron chi connectivity index (χ0n) is 33.9. The maximum absolute atomic E-state index is 6.59. The summed E-state index contributed by atoms with van der Waals surface area (Å²) >= 11 is 0. The predicted octanol–water partition coefficient (Wildman–Crippen LogP) is 14.6. The van der Waals surface area contributed by atoms with Gasteiger partial charge < -0.3 is 13.6 Å². The third kappa shape index (κ3) is 5.55. The van der Waals surface area contributed by atoms with Crippen LogP contribution in [0.4, 0.5) is 0 Å². The maximum Gasteiger partial charge on any atom is 0.164 e. The molecule has 0 saturated heterocycles. The van der Waals surface area contributed by atoms with Crippen LogP contribution in [0.2, 0.25) is 0 Å². The molecule has 0 unspecified atom stereocenters. The Hall–Kier alpha value is -8.61. The first-order valence-corrected chi connectivity index (χ1v) is 21.2. The number of aromatic nitrogens is 5. The molecule has 0 saturated carbocycles. The molecule has 13 rings (SSSR count). The van der Waals surface area contributed by atoms with Crippen molar-refractivity contribution in [3.63, 3.8) is 0 Å². The Balaban J connectivity index is 1.03. The van der Waals surface area contributed by atoms with Crippen molar-refractivity contribution in [2.24, 2.45) is 0 Å². The van der Waals surface area contributed by atoms with Gasteiger partial charge in [0.15, 0.2) is 17.5 Å². The monoisotopic (exact) mass is 805 g/mol. The van der Waals surface area contributed by atoms with E-state index in [4.69, 9.17) is 19.4 Å². The van der Waals surface area contributed by atoms with Gasteiger partial charge in [0.05, 0.1) is 27.8 Å². The van der Waals surface area contributed by atoms with Gasteiger partial charge in [-0.25, -0.2) is 15.0 Å². The number of nitrogens with zero attached hydrogens (tertiary/aromatic N) is 5. The van der Waals surface area contributed by atoms with E-state index in [2.05, 4.69) is 149 Å². The van der Waals surface area contributed by atoms with Gasteiger partial charge in [0, 0.05) is 60.3 Å². The molecular weight excluding hydrogens is 771 g/mol. The molecule has 6 heteroatoms. The topological polar surface area (TPSA) is 61.7 Å². The normalized spacial score (nSPS) is 11.8. The molecule has 4 heterocycles. The summed E-state index contributed by atoms with van der Waals surface area (Å²) < 4.78 is 11.4. The lowest BCUT2D eigenvalue weighted by atomic mass is 9.99. The molecule has 0 fully saturated rings. The van der Waals surface area contributed by atoms with Gasteiger partial charge in [-0.1, -0.05) is 152 Å². The van der Waals surface area contributed by atoms with Crippen LogP contribution in [-0.4, -0.2) is 24.1 Å². The molecule has 13 aromatic rings. The zero-order valence-corrected chi connectivity index (χ0v) is 33.9. The lowest BCUT2D eigenvalue weighted by Gasteiger charge is -2.15. The molecule has 0 N–H and O–H groups in total. The van der Waals surface area contributed by atoms with Gasteiger partial charge in [-0.05, 0) is 66.2 Å². The molecule has 0 amide bonds. The van der Waals surface area contributed by atoms with E-state index in [0.717, 1.165) is 72.2 Å². The smallest absolute Gasteiger partial charge is 0.164 e. The van der Waals surface area contributed by atoms with E-state index in [1.165, 1.54) is 32.6 Å². The lowest BCUT2D eigenvalue weighted by Crippen LogP contribution is -2.00. The summed E-state index contributed by atoms with van der Waals surface area (Å²) in [5.74, 6) is 1.82. The van der Waals surface area contributed by atoms with E-state index in [-0.39, 0.29) is 0 Å². The number of hydrogen-bond acceptors (Lipinski definition) is 4. The fourth-order valence-corrected chi connectivity index (χ4v) is 9.57. The highest BCUT2D eigenvalue weighted by Gasteiger charge is 2.22. The van der Waals surface area contributed by atoms with Crippen molar-refractivity contribution in [3.05, 3.63) is 212 Å². The van der Waals surface area contributed by atoms with Crippen molar-refractivity contribution in [1.29, 1.82) is 0 Å². The van der Waals surface area contributed by atoms with E-state index >= 15 is 0 Å². The molecule has 0 atom stereocenters. The summed E-state index contributed by atoms with van der Waals surface area (Å²) in [6.45, 7) is 0. The average Bonchev–Trinajstić information content (AvgIpc) is 4.01. The van der Waals surface area contributed by atoms with Crippen molar-refractivity contribution >= 4 is 65.6 Å². The molecule has 0 aliphatic carbocycles. The van der Waals surface area contributed by atoms with Crippen LogP contribution in [0, 0.1) is 0 Å². The molecule has 0 aliphatic heterocycles. The second kappa shape index (κ2) is 14.0. The van der Waals surface area contributed by atoms with Gasteiger partial charge in [-0.2, -0.15) is 0 Å². The fraction of sp³-hybridized carbons (Fsp3) is 0. The number of fused-ring (bicyclic) bond motifs is 9. The largest absolute Gasteiger partial charge is 0.456 e. The Kier molecular flexibility index (Phi) is 7.80. The standard InChI is InChI=1S/C57H35N5O/c1-4-17-36(18-5-1)55-58-56(37-19-6-2-7-20-37)60-57(59-55)43-26-16-30-53-54(43)46-33-38(31-32-52(46)63-53)40-23-10-13-27-47(40)62-49-29-15-12-25-42(49)45-34-44-41-24-11-14-28-48(41)61(50(44)35-51(45)62)39-21-8-3-9-22-39/h1-35H. The van der Waals surface area contributed by atoms with Crippen molar-refractivity contribution in [2.45, 2.75) is 0 Å². The molecule has 0 radical (unpaired) electrons. The Labute approximate surface area is 361 Å². The van der Waals surface area contributed by atoms with E-state index in [1.54, 1.807) is 0 Å². The number of para-hydroxylation sites is 4. The van der Waals surface area contributed by atoms with E-state index in [9.17, 15) is 0 Å². The Bertz CT molecular complexity index is 3850. The van der Waals surface area contributed by atoms with Crippen LogP contribution in [0.1, 0.15) is 0 Å². The third-order valence-corrected chi connectivity index (χ3v) is 12.4. The van der Waals surface area contributed by atoms with Crippen LogP contribution in [0.5, 0.6) is 0 Å². The van der Waals surface area contributed by atoms with Crippen LogP contribution in [0.3, 0.4) is 0 Å². The molecular formula is C57H35N5O. The fourth-order valence-electron chi connectivity index (χ4n) is 9.57. The molecule has 63 heavy (non-hydrogen) atoms. The number of rotatable bonds is 6. The Morgan fingerprint density at radius 3 is 1.57 bits per heavy atom. The van der Waals surface area contributed by atoms with Crippen LogP contribution in [0.15, 0.2) is 217 Å². The minimum absolute atomic E-state index is 0.589. The lowest BCUT2D eigenvalue weighted by molar-refractivity contribution is 0.669. The van der Waals surface area contributed by atoms with Crippen molar-refractivity contribution in [1.82, 2.24) is 24.1 Å². The average molecular weight is 806 g/mol. The Morgan fingerprint density at radius 2 is 0.873 bits per heavy atom. The summed E-state index contributed by atoms with van der Waals surface area (Å²) in [6, 6.07) is 74.5. The quantitative estimate of drug-likeness (QED) is 0.168. The van der Waals surface area contributed by atoms with Gasteiger partial charge in [-0.15, -0.1) is 0 Å². The number of hydrogen-bond donors (Lipinski definition) is 0. The van der Waals surface area contributed by atoms with Gasteiger partial charge in [-0.3, -0.25) is 0 Å². The van der Waals surface area contributed by atoms with Gasteiger partial charge in [0.2, 0.25) is 0 Å². The first-order chi connectivity index (χ1) is 31.2. The third-order valence-electron chi connectivity index (χ3n) is 12.4. The number of benzene rings is 9. The van der Waals surface area contributed by atoms with Crippen molar-refractivity contribution in [2.75, 3.05) is 0 Å². The molecule has 6 nitrogen and oxygen atoms in total. The maximum atomic E-state index is 6.59. The van der Waals surface area contributed by atoms with Gasteiger partial charge in [0.25, 0.3) is 0 Å². The molecule has 0 bridgehead atoms. The second-order valence-electron chi connectivity index (χ2n) is 16.0. The molecule has 0 aliphatic rings. The summed E-state index contributed by atoms with van der Waals surface area (Å²) in [5.41, 5.74) is 13.4. The highest BCUT2D eigenvalue weighted by Crippen LogP contribution is 2.43. The first kappa shape index (κ1) is 35.2. The SMILES string of the molecule is c1ccc(-c2nc(-c3ccccc3)nc(-c3cccc4oc5ccc(-c6ccccc6-n6c7ccccc7c7cc8c9ccccc9n(-c9ccccc9)c8cc76)cc5c34)n2)cc1.